The molecule has 0 heterocycles. The van der Waals surface area contributed by atoms with Gasteiger partial charge in [-0.1, -0.05) is 198 Å². The van der Waals surface area contributed by atoms with Gasteiger partial charge in [-0.05, 0) is 96.3 Å². The highest BCUT2D eigenvalue weighted by molar-refractivity contribution is 5.71. The summed E-state index contributed by atoms with van der Waals surface area (Å²) in [5, 5.41) is 0. The number of hydrogen-bond donors (Lipinski definition) is 0. The van der Waals surface area contributed by atoms with E-state index in [9.17, 15) is 14.4 Å². The lowest BCUT2D eigenvalue weighted by Gasteiger charge is -2.18. The molecule has 0 bridgehead atoms. The third-order valence-electron chi connectivity index (χ3n) is 11.3. The Bertz CT molecular complexity index is 1070. The van der Waals surface area contributed by atoms with Gasteiger partial charge >= 0.3 is 17.9 Å². The Labute approximate surface area is 378 Å². The van der Waals surface area contributed by atoms with Crippen LogP contribution < -0.4 is 0 Å². The first-order valence-corrected chi connectivity index (χ1v) is 26.2. The van der Waals surface area contributed by atoms with Crippen LogP contribution >= 0.6 is 0 Å². The predicted octanol–water partition coefficient (Wildman–Crippen LogP) is 17.1. The molecule has 0 spiro atoms. The van der Waals surface area contributed by atoms with Crippen LogP contribution in [0.2, 0.25) is 0 Å². The zero-order valence-electron chi connectivity index (χ0n) is 40.4. The molecule has 0 aliphatic heterocycles. The van der Waals surface area contributed by atoms with Crippen molar-refractivity contribution in [1.29, 1.82) is 0 Å². The minimum atomic E-state index is -0.790. The normalized spacial score (nSPS) is 12.4. The van der Waals surface area contributed by atoms with Crippen LogP contribution in [0.4, 0.5) is 0 Å². The second-order valence-corrected chi connectivity index (χ2v) is 17.5. The van der Waals surface area contributed by atoms with Gasteiger partial charge < -0.3 is 14.2 Å². The first kappa shape index (κ1) is 58.4. The maximum Gasteiger partial charge on any atom is 0.306 e. The SMILES string of the molecule is CCCCC/C=C\C=C/CCCCCCCCC(=O)OCC(COC(=O)CCCCC/C=C\CCCCCCCCC)OC(=O)CCCCC/C=C\CCCCCCCCC. The number of rotatable bonds is 47. The Balaban J connectivity index is 4.43. The van der Waals surface area contributed by atoms with Crippen LogP contribution in [0.25, 0.3) is 0 Å². The smallest absolute Gasteiger partial charge is 0.306 e. The van der Waals surface area contributed by atoms with E-state index in [4.69, 9.17) is 14.2 Å². The molecule has 0 fully saturated rings. The Hall–Kier alpha value is -2.63. The maximum atomic E-state index is 12.8. The van der Waals surface area contributed by atoms with Crippen molar-refractivity contribution < 1.29 is 28.6 Å². The minimum absolute atomic E-state index is 0.0893. The van der Waals surface area contributed by atoms with Crippen molar-refractivity contribution in [2.24, 2.45) is 0 Å². The van der Waals surface area contributed by atoms with Crippen molar-refractivity contribution in [2.45, 2.75) is 271 Å². The number of carbonyl (C=O) groups excluding carboxylic acids is 3. The number of ether oxygens (including phenoxy) is 3. The fraction of sp³-hybridized carbons (Fsp3) is 0.800. The summed E-state index contributed by atoms with van der Waals surface area (Å²) in [6.07, 6.45) is 59.5. The average molecular weight is 855 g/mol. The van der Waals surface area contributed by atoms with E-state index >= 15 is 0 Å². The lowest BCUT2D eigenvalue weighted by molar-refractivity contribution is -0.167. The van der Waals surface area contributed by atoms with E-state index in [1.807, 2.05) is 0 Å². The second kappa shape index (κ2) is 50.0. The molecule has 354 valence electrons. The standard InChI is InChI=1S/C55H98O6/c1-4-7-10-13-16-19-22-25-28-31-33-36-39-42-45-48-54(57)60-51-52(61-55(58)49-46-43-40-37-34-30-27-24-21-18-15-12-9-6-3)50-59-53(56)47-44-41-38-35-32-29-26-23-20-17-14-11-8-5-2/h16,19,22,25,29-30,32,34,52H,4-15,17-18,20-21,23-24,26-28,31,33,35-51H2,1-3H3/b19-16-,25-22-,32-29-,34-30-. The van der Waals surface area contributed by atoms with E-state index < -0.39 is 6.10 Å². The van der Waals surface area contributed by atoms with Crippen molar-refractivity contribution >= 4 is 17.9 Å². The zero-order valence-corrected chi connectivity index (χ0v) is 40.4. The maximum absolute atomic E-state index is 12.8. The number of esters is 3. The van der Waals surface area contributed by atoms with Gasteiger partial charge in [-0.15, -0.1) is 0 Å². The van der Waals surface area contributed by atoms with Gasteiger partial charge in [-0.25, -0.2) is 0 Å². The summed E-state index contributed by atoms with van der Waals surface area (Å²) in [4.78, 5) is 38.0. The number of carbonyl (C=O) groups is 3. The molecule has 0 saturated heterocycles. The van der Waals surface area contributed by atoms with E-state index in [1.54, 1.807) is 0 Å². The van der Waals surface area contributed by atoms with E-state index in [1.165, 1.54) is 135 Å². The third-order valence-corrected chi connectivity index (χ3v) is 11.3. The first-order valence-electron chi connectivity index (χ1n) is 26.2. The predicted molar refractivity (Wildman–Crippen MR) is 261 cm³/mol. The molecule has 0 aromatic heterocycles. The molecule has 0 aromatic rings. The molecule has 61 heavy (non-hydrogen) atoms. The van der Waals surface area contributed by atoms with Crippen LogP contribution in [-0.2, 0) is 28.6 Å². The summed E-state index contributed by atoms with van der Waals surface area (Å²) in [7, 11) is 0. The molecule has 1 unspecified atom stereocenters. The van der Waals surface area contributed by atoms with Gasteiger partial charge in [0, 0.05) is 19.3 Å². The van der Waals surface area contributed by atoms with Gasteiger partial charge in [0.25, 0.3) is 0 Å². The van der Waals surface area contributed by atoms with Crippen LogP contribution in [0, 0.1) is 0 Å². The number of unbranched alkanes of at least 4 members (excludes halogenated alkanes) is 29. The minimum Gasteiger partial charge on any atom is -0.462 e. The summed E-state index contributed by atoms with van der Waals surface area (Å²) in [5.74, 6) is -0.926. The topological polar surface area (TPSA) is 78.9 Å². The van der Waals surface area contributed by atoms with E-state index in [-0.39, 0.29) is 31.1 Å². The molecule has 1 atom stereocenters. The van der Waals surface area contributed by atoms with E-state index in [0.29, 0.717) is 19.3 Å². The molecule has 0 aliphatic carbocycles. The molecule has 6 nitrogen and oxygen atoms in total. The summed E-state index contributed by atoms with van der Waals surface area (Å²) in [6.45, 7) is 6.57. The van der Waals surface area contributed by atoms with Gasteiger partial charge in [0.15, 0.2) is 6.10 Å². The third kappa shape index (κ3) is 48.3. The molecule has 0 aromatic carbocycles. The first-order chi connectivity index (χ1) is 30.0. The average Bonchev–Trinajstić information content (AvgIpc) is 3.26. The van der Waals surface area contributed by atoms with Gasteiger partial charge in [0.2, 0.25) is 0 Å². The number of hydrogen-bond acceptors (Lipinski definition) is 6. The quantitative estimate of drug-likeness (QED) is 0.0199. The lowest BCUT2D eigenvalue weighted by Crippen LogP contribution is -2.30. The van der Waals surface area contributed by atoms with Gasteiger partial charge in [0.1, 0.15) is 13.2 Å². The molecule has 0 N–H and O–H groups in total. The summed E-state index contributed by atoms with van der Waals surface area (Å²) < 4.78 is 16.8. The van der Waals surface area contributed by atoms with Gasteiger partial charge in [0.05, 0.1) is 0 Å². The van der Waals surface area contributed by atoms with Gasteiger partial charge in [-0.3, -0.25) is 14.4 Å². The fourth-order valence-corrected chi connectivity index (χ4v) is 7.30. The molecular weight excluding hydrogens is 757 g/mol. The molecular formula is C55H98O6. The Kier molecular flexibility index (Phi) is 47.9. The largest absolute Gasteiger partial charge is 0.462 e. The summed E-state index contributed by atoms with van der Waals surface area (Å²) >= 11 is 0. The van der Waals surface area contributed by atoms with Crippen LogP contribution in [-0.4, -0.2) is 37.2 Å². The van der Waals surface area contributed by atoms with Crippen molar-refractivity contribution in [2.75, 3.05) is 13.2 Å². The van der Waals surface area contributed by atoms with Crippen LogP contribution in [0.1, 0.15) is 265 Å². The van der Waals surface area contributed by atoms with Crippen molar-refractivity contribution in [3.8, 4) is 0 Å². The zero-order chi connectivity index (χ0) is 44.4. The summed E-state index contributed by atoms with van der Waals surface area (Å²) in [5.41, 5.74) is 0. The molecule has 0 aliphatic rings. The van der Waals surface area contributed by atoms with Crippen LogP contribution in [0.15, 0.2) is 48.6 Å². The highest BCUT2D eigenvalue weighted by Crippen LogP contribution is 2.14. The molecule has 0 radical (unpaired) electrons. The second-order valence-electron chi connectivity index (χ2n) is 17.5. The monoisotopic (exact) mass is 855 g/mol. The fourth-order valence-electron chi connectivity index (χ4n) is 7.30. The molecule has 6 heteroatoms. The highest BCUT2D eigenvalue weighted by atomic mass is 16.6. The number of allylic oxidation sites excluding steroid dienone is 8. The lowest BCUT2D eigenvalue weighted by atomic mass is 10.1. The van der Waals surface area contributed by atoms with Crippen molar-refractivity contribution in [3.63, 3.8) is 0 Å². The van der Waals surface area contributed by atoms with E-state index in [0.717, 1.165) is 89.9 Å². The molecule has 0 saturated carbocycles. The summed E-state index contributed by atoms with van der Waals surface area (Å²) in [6, 6.07) is 0. The Morgan fingerprint density at radius 1 is 0.328 bits per heavy atom. The Morgan fingerprint density at radius 2 is 0.590 bits per heavy atom. The van der Waals surface area contributed by atoms with E-state index in [2.05, 4.69) is 69.4 Å². The van der Waals surface area contributed by atoms with Crippen molar-refractivity contribution in [1.82, 2.24) is 0 Å². The molecule has 0 rings (SSSR count). The van der Waals surface area contributed by atoms with Crippen molar-refractivity contribution in [3.05, 3.63) is 48.6 Å². The highest BCUT2D eigenvalue weighted by Gasteiger charge is 2.19. The Morgan fingerprint density at radius 3 is 0.967 bits per heavy atom. The van der Waals surface area contributed by atoms with Crippen LogP contribution in [0.3, 0.4) is 0 Å². The van der Waals surface area contributed by atoms with Crippen LogP contribution in [0.5, 0.6) is 0 Å². The molecule has 0 amide bonds. The van der Waals surface area contributed by atoms with Gasteiger partial charge in [-0.2, -0.15) is 0 Å².